The number of benzene rings is 1. The van der Waals surface area contributed by atoms with Gasteiger partial charge in [-0.2, -0.15) is 0 Å². The molecule has 2 rings (SSSR count). The summed E-state index contributed by atoms with van der Waals surface area (Å²) >= 11 is 3.59. The zero-order chi connectivity index (χ0) is 13.5. The second-order valence-electron chi connectivity index (χ2n) is 5.31. The van der Waals surface area contributed by atoms with Gasteiger partial charge in [-0.3, -0.25) is 10.1 Å². The topological polar surface area (TPSA) is 52.4 Å². The second-order valence-corrected chi connectivity index (χ2v) is 6.42. The molecule has 0 amide bonds. The molecule has 0 heterocycles. The van der Waals surface area contributed by atoms with Crippen molar-refractivity contribution in [2.24, 2.45) is 5.41 Å². The highest BCUT2D eigenvalue weighted by Crippen LogP contribution is 2.48. The molecule has 1 fully saturated rings. The molecular weight excluding hydrogens is 298 g/mol. The molecule has 0 saturated heterocycles. The summed E-state index contributed by atoms with van der Waals surface area (Å²) < 4.78 is 5.89. The van der Waals surface area contributed by atoms with Crippen LogP contribution in [0, 0.1) is 22.5 Å². The molecule has 0 aromatic heterocycles. The summed E-state index contributed by atoms with van der Waals surface area (Å²) in [5.41, 5.74) is 0.845. The van der Waals surface area contributed by atoms with Crippen LogP contribution in [0.4, 0.5) is 5.69 Å². The van der Waals surface area contributed by atoms with Crippen molar-refractivity contribution < 1.29 is 9.66 Å². The molecule has 0 spiro atoms. The molecule has 18 heavy (non-hydrogen) atoms. The van der Waals surface area contributed by atoms with Crippen LogP contribution in [0.1, 0.15) is 25.8 Å². The van der Waals surface area contributed by atoms with Gasteiger partial charge in [0.15, 0.2) is 5.75 Å². The molecule has 4 nitrogen and oxygen atoms in total. The Kier molecular flexibility index (Phi) is 3.36. The van der Waals surface area contributed by atoms with E-state index in [0.29, 0.717) is 10.6 Å². The van der Waals surface area contributed by atoms with Crippen molar-refractivity contribution in [3.63, 3.8) is 0 Å². The highest BCUT2D eigenvalue weighted by atomic mass is 79.9. The highest BCUT2D eigenvalue weighted by molar-refractivity contribution is 9.09. The minimum absolute atomic E-state index is 0.00382. The average Bonchev–Trinajstić information content (AvgIpc) is 2.30. The summed E-state index contributed by atoms with van der Waals surface area (Å²) in [6.07, 6.45) is 0.889. The van der Waals surface area contributed by atoms with Gasteiger partial charge < -0.3 is 4.74 Å². The van der Waals surface area contributed by atoms with Crippen LogP contribution in [0.5, 0.6) is 5.75 Å². The molecule has 1 aliphatic carbocycles. The number of para-hydroxylation sites is 1. The summed E-state index contributed by atoms with van der Waals surface area (Å²) in [5.74, 6) is 0.403. The third-order valence-electron chi connectivity index (χ3n) is 3.71. The minimum Gasteiger partial charge on any atom is -0.483 e. The SMILES string of the molecule is Cc1cccc([N+](=O)[O-])c1OC1CC(Br)C1(C)C. The summed E-state index contributed by atoms with van der Waals surface area (Å²) in [7, 11) is 0. The summed E-state index contributed by atoms with van der Waals surface area (Å²) in [6.45, 7) is 6.04. The molecule has 0 N–H and O–H groups in total. The van der Waals surface area contributed by atoms with Crippen molar-refractivity contribution in [3.05, 3.63) is 33.9 Å². The molecule has 1 saturated carbocycles. The van der Waals surface area contributed by atoms with E-state index >= 15 is 0 Å². The van der Waals surface area contributed by atoms with E-state index in [4.69, 9.17) is 4.74 Å². The maximum Gasteiger partial charge on any atom is 0.311 e. The fraction of sp³-hybridized carbons (Fsp3) is 0.538. The fourth-order valence-corrected chi connectivity index (χ4v) is 2.75. The largest absolute Gasteiger partial charge is 0.483 e. The van der Waals surface area contributed by atoms with Crippen LogP contribution in [0.2, 0.25) is 0 Å². The van der Waals surface area contributed by atoms with Crippen LogP contribution in [0.3, 0.4) is 0 Å². The Hall–Kier alpha value is -1.10. The van der Waals surface area contributed by atoms with Crippen molar-refractivity contribution in [2.45, 2.75) is 38.1 Å². The van der Waals surface area contributed by atoms with Crippen molar-refractivity contribution in [1.82, 2.24) is 0 Å². The number of hydrogen-bond donors (Lipinski definition) is 0. The quantitative estimate of drug-likeness (QED) is 0.484. The molecular formula is C13H16BrNO3. The van der Waals surface area contributed by atoms with Gasteiger partial charge in [0, 0.05) is 16.3 Å². The molecule has 2 unspecified atom stereocenters. The number of nitro benzene ring substituents is 1. The Bertz CT molecular complexity index is 487. The number of nitro groups is 1. The average molecular weight is 314 g/mol. The third-order valence-corrected chi connectivity index (χ3v) is 5.26. The van der Waals surface area contributed by atoms with Crippen LogP contribution in [0.15, 0.2) is 18.2 Å². The Morgan fingerprint density at radius 1 is 1.50 bits per heavy atom. The van der Waals surface area contributed by atoms with E-state index in [1.165, 1.54) is 6.07 Å². The second kappa shape index (κ2) is 4.53. The van der Waals surface area contributed by atoms with E-state index in [1.807, 2.05) is 13.0 Å². The number of aryl methyl sites for hydroxylation is 1. The van der Waals surface area contributed by atoms with Crippen LogP contribution >= 0.6 is 15.9 Å². The van der Waals surface area contributed by atoms with E-state index in [-0.39, 0.29) is 22.1 Å². The first-order chi connectivity index (χ1) is 8.34. The predicted octanol–water partition coefficient (Wildman–Crippen LogP) is 3.84. The first-order valence-corrected chi connectivity index (χ1v) is 6.80. The van der Waals surface area contributed by atoms with E-state index in [9.17, 15) is 10.1 Å². The van der Waals surface area contributed by atoms with Gasteiger partial charge in [-0.1, -0.05) is 41.9 Å². The normalized spacial score (nSPS) is 25.3. The number of alkyl halides is 1. The molecule has 0 aliphatic heterocycles. The van der Waals surface area contributed by atoms with E-state index in [2.05, 4.69) is 29.8 Å². The number of rotatable bonds is 3. The van der Waals surface area contributed by atoms with E-state index in [1.54, 1.807) is 6.07 Å². The van der Waals surface area contributed by atoms with Gasteiger partial charge in [0.25, 0.3) is 0 Å². The minimum atomic E-state index is -0.389. The zero-order valence-corrected chi connectivity index (χ0v) is 12.2. The van der Waals surface area contributed by atoms with E-state index in [0.717, 1.165) is 12.0 Å². The summed E-state index contributed by atoms with van der Waals surface area (Å²) in [5, 5.41) is 11.0. The number of ether oxygens (including phenoxy) is 1. The van der Waals surface area contributed by atoms with Gasteiger partial charge >= 0.3 is 5.69 Å². The monoisotopic (exact) mass is 313 g/mol. The van der Waals surface area contributed by atoms with E-state index < -0.39 is 0 Å². The van der Waals surface area contributed by atoms with Gasteiger partial charge in [0.1, 0.15) is 6.10 Å². The van der Waals surface area contributed by atoms with Crippen molar-refractivity contribution >= 4 is 21.6 Å². The van der Waals surface area contributed by atoms with Crippen LogP contribution in [-0.4, -0.2) is 15.9 Å². The smallest absolute Gasteiger partial charge is 0.311 e. The molecule has 1 aliphatic rings. The number of nitrogens with zero attached hydrogens (tertiary/aromatic N) is 1. The van der Waals surface area contributed by atoms with Gasteiger partial charge in [-0.25, -0.2) is 0 Å². The van der Waals surface area contributed by atoms with Crippen LogP contribution in [0.25, 0.3) is 0 Å². The Labute approximate surface area is 115 Å². The van der Waals surface area contributed by atoms with Gasteiger partial charge in [0.05, 0.1) is 4.92 Å². The number of halogens is 1. The van der Waals surface area contributed by atoms with Crippen molar-refractivity contribution in [3.8, 4) is 5.75 Å². The van der Waals surface area contributed by atoms with Gasteiger partial charge in [-0.15, -0.1) is 0 Å². The van der Waals surface area contributed by atoms with Crippen LogP contribution < -0.4 is 4.74 Å². The lowest BCUT2D eigenvalue weighted by molar-refractivity contribution is -0.386. The molecule has 98 valence electrons. The third kappa shape index (κ3) is 2.11. The fourth-order valence-electron chi connectivity index (χ4n) is 2.11. The standard InChI is InChI=1S/C13H16BrNO3/c1-8-5-4-6-9(15(16)17)12(8)18-11-7-10(14)13(11,2)3/h4-6,10-11H,7H2,1-3H3. The lowest BCUT2D eigenvalue weighted by atomic mass is 9.69. The zero-order valence-electron chi connectivity index (χ0n) is 10.6. The number of hydrogen-bond acceptors (Lipinski definition) is 3. The maximum atomic E-state index is 11.0. The summed E-state index contributed by atoms with van der Waals surface area (Å²) in [4.78, 5) is 11.0. The van der Waals surface area contributed by atoms with Crippen LogP contribution in [-0.2, 0) is 0 Å². The molecule has 0 radical (unpaired) electrons. The first-order valence-electron chi connectivity index (χ1n) is 5.88. The van der Waals surface area contributed by atoms with Crippen molar-refractivity contribution in [1.29, 1.82) is 0 Å². The van der Waals surface area contributed by atoms with Gasteiger partial charge in [0.2, 0.25) is 0 Å². The Balaban J connectivity index is 2.27. The van der Waals surface area contributed by atoms with Gasteiger partial charge in [-0.05, 0) is 18.9 Å². The Morgan fingerprint density at radius 3 is 2.67 bits per heavy atom. The maximum absolute atomic E-state index is 11.0. The lowest BCUT2D eigenvalue weighted by Crippen LogP contribution is -2.53. The highest BCUT2D eigenvalue weighted by Gasteiger charge is 2.49. The molecule has 0 bridgehead atoms. The molecule has 5 heteroatoms. The predicted molar refractivity (Wildman–Crippen MR) is 73.4 cm³/mol. The Morgan fingerprint density at radius 2 is 2.17 bits per heavy atom. The molecule has 2 atom stereocenters. The molecule has 1 aromatic carbocycles. The van der Waals surface area contributed by atoms with Crippen molar-refractivity contribution in [2.75, 3.05) is 0 Å². The molecule has 1 aromatic rings. The lowest BCUT2D eigenvalue weighted by Gasteiger charge is -2.48. The first kappa shape index (κ1) is 13.3. The summed E-state index contributed by atoms with van der Waals surface area (Å²) in [6, 6.07) is 5.00.